The number of hydrogen-bond donors (Lipinski definition) is 1. The van der Waals surface area contributed by atoms with Gasteiger partial charge in [-0.1, -0.05) is 0 Å². The van der Waals surface area contributed by atoms with E-state index in [0.717, 1.165) is 0 Å². The van der Waals surface area contributed by atoms with Gasteiger partial charge in [0.15, 0.2) is 0 Å². The molecule has 0 spiro atoms. The highest BCUT2D eigenvalue weighted by atomic mass is 16.5. The van der Waals surface area contributed by atoms with Crippen LogP contribution in [0, 0.1) is 0 Å². The summed E-state index contributed by atoms with van der Waals surface area (Å²) in [5.74, 6) is 1.11. The molecule has 0 aliphatic carbocycles. The van der Waals surface area contributed by atoms with Gasteiger partial charge in [0.25, 0.3) is 0 Å². The van der Waals surface area contributed by atoms with E-state index in [9.17, 15) is 4.79 Å². The number of rotatable bonds is 5. The zero-order chi connectivity index (χ0) is 12.0. The lowest BCUT2D eigenvalue weighted by molar-refractivity contribution is -0.104. The van der Waals surface area contributed by atoms with Crippen LogP contribution in [0.3, 0.4) is 0 Å². The van der Waals surface area contributed by atoms with E-state index in [2.05, 4.69) is 0 Å². The van der Waals surface area contributed by atoms with Crippen LogP contribution in [0.15, 0.2) is 18.2 Å². The van der Waals surface area contributed by atoms with Crippen LogP contribution in [0.25, 0.3) is 6.08 Å². The number of ether oxygens (including phenoxy) is 2. The Morgan fingerprint density at radius 3 is 2.19 bits per heavy atom. The van der Waals surface area contributed by atoms with Crippen LogP contribution in [-0.4, -0.2) is 25.6 Å². The van der Waals surface area contributed by atoms with E-state index in [4.69, 9.17) is 14.6 Å². The first kappa shape index (κ1) is 12.3. The summed E-state index contributed by atoms with van der Waals surface area (Å²) < 4.78 is 10.3. The van der Waals surface area contributed by atoms with Crippen LogP contribution in [0.2, 0.25) is 0 Å². The molecule has 0 atom stereocenters. The highest BCUT2D eigenvalue weighted by Crippen LogP contribution is 2.31. The van der Waals surface area contributed by atoms with Crippen molar-refractivity contribution in [2.75, 3.05) is 14.2 Å². The van der Waals surface area contributed by atoms with Gasteiger partial charge in [0, 0.05) is 0 Å². The summed E-state index contributed by atoms with van der Waals surface area (Å²) in [6, 6.07) is 3.40. The largest absolute Gasteiger partial charge is 0.496 e. The Morgan fingerprint density at radius 2 is 1.81 bits per heavy atom. The van der Waals surface area contributed by atoms with Gasteiger partial charge in [-0.05, 0) is 29.8 Å². The van der Waals surface area contributed by atoms with Crippen molar-refractivity contribution in [3.05, 3.63) is 29.3 Å². The van der Waals surface area contributed by atoms with Crippen molar-refractivity contribution < 1.29 is 19.4 Å². The van der Waals surface area contributed by atoms with Gasteiger partial charge in [-0.15, -0.1) is 0 Å². The van der Waals surface area contributed by atoms with Gasteiger partial charge in [-0.25, -0.2) is 0 Å². The van der Waals surface area contributed by atoms with E-state index in [1.165, 1.54) is 20.3 Å². The second-order valence-corrected chi connectivity index (χ2v) is 3.07. The van der Waals surface area contributed by atoms with E-state index < -0.39 is 0 Å². The van der Waals surface area contributed by atoms with Gasteiger partial charge in [-0.2, -0.15) is 0 Å². The average molecular weight is 222 g/mol. The Balaban J connectivity index is 3.30. The topological polar surface area (TPSA) is 55.8 Å². The minimum absolute atomic E-state index is 0.0929. The molecule has 1 aromatic rings. The normalized spacial score (nSPS) is 10.4. The van der Waals surface area contributed by atoms with Gasteiger partial charge >= 0.3 is 0 Å². The van der Waals surface area contributed by atoms with Crippen molar-refractivity contribution in [3.63, 3.8) is 0 Å². The van der Waals surface area contributed by atoms with Crippen LogP contribution in [0.5, 0.6) is 11.5 Å². The molecule has 0 saturated heterocycles. The lowest BCUT2D eigenvalue weighted by atomic mass is 10.1. The molecule has 86 valence electrons. The predicted octanol–water partition coefficient (Wildman–Crippen LogP) is 1.41. The summed E-state index contributed by atoms with van der Waals surface area (Å²) in [4.78, 5) is 10.3. The molecule has 1 rings (SSSR count). The minimum atomic E-state index is -0.0929. The molecule has 4 heteroatoms. The van der Waals surface area contributed by atoms with Crippen molar-refractivity contribution >= 4 is 12.4 Å². The molecule has 0 radical (unpaired) electrons. The molecule has 4 nitrogen and oxygen atoms in total. The number of hydrogen-bond acceptors (Lipinski definition) is 4. The number of aliphatic hydroxyl groups excluding tert-OH is 1. The zero-order valence-corrected chi connectivity index (χ0v) is 9.27. The number of carbonyl (C=O) groups is 1. The Labute approximate surface area is 94.1 Å². The number of aliphatic hydroxyl groups is 1. The second kappa shape index (κ2) is 5.92. The molecule has 0 aliphatic rings. The highest BCUT2D eigenvalue weighted by Gasteiger charge is 2.09. The molecule has 1 aromatic carbocycles. The van der Waals surface area contributed by atoms with Crippen molar-refractivity contribution in [1.29, 1.82) is 0 Å². The number of methoxy groups -OCH3 is 2. The molecule has 0 aliphatic heterocycles. The number of benzene rings is 1. The van der Waals surface area contributed by atoms with Crippen LogP contribution in [0.4, 0.5) is 0 Å². The molecule has 0 heterocycles. The third kappa shape index (κ3) is 2.61. The number of allylic oxidation sites excluding steroid dienone is 1. The molecule has 0 bridgehead atoms. The van der Waals surface area contributed by atoms with E-state index in [0.29, 0.717) is 28.9 Å². The molecular weight excluding hydrogens is 208 g/mol. The summed E-state index contributed by atoms with van der Waals surface area (Å²) in [6.07, 6.45) is 3.64. The first-order chi connectivity index (χ1) is 7.76. The molecule has 0 aromatic heterocycles. The fourth-order valence-electron chi connectivity index (χ4n) is 1.38. The minimum Gasteiger partial charge on any atom is -0.496 e. The zero-order valence-electron chi connectivity index (χ0n) is 9.27. The van der Waals surface area contributed by atoms with Crippen molar-refractivity contribution in [3.8, 4) is 11.5 Å². The molecule has 16 heavy (non-hydrogen) atoms. The summed E-state index contributed by atoms with van der Waals surface area (Å²) in [6.45, 7) is -0.0929. The predicted molar refractivity (Wildman–Crippen MR) is 60.6 cm³/mol. The average Bonchev–Trinajstić information content (AvgIpc) is 2.35. The van der Waals surface area contributed by atoms with E-state index in [1.54, 1.807) is 18.2 Å². The van der Waals surface area contributed by atoms with Crippen molar-refractivity contribution in [1.82, 2.24) is 0 Å². The molecular formula is C12H14O4. The van der Waals surface area contributed by atoms with Crippen LogP contribution in [-0.2, 0) is 11.4 Å². The Hall–Kier alpha value is -1.81. The summed E-state index contributed by atoms with van der Waals surface area (Å²) in [5, 5.41) is 9.06. The lowest BCUT2D eigenvalue weighted by Gasteiger charge is -2.11. The van der Waals surface area contributed by atoms with Crippen molar-refractivity contribution in [2.45, 2.75) is 6.61 Å². The smallest absolute Gasteiger partial charge is 0.142 e. The quantitative estimate of drug-likeness (QED) is 0.604. The van der Waals surface area contributed by atoms with E-state index >= 15 is 0 Å². The SMILES string of the molecule is COc1cc(CO)cc(OC)c1C=CC=O. The maximum absolute atomic E-state index is 10.3. The number of carbonyl (C=O) groups excluding carboxylic acids is 1. The van der Waals surface area contributed by atoms with Gasteiger partial charge in [0.05, 0.1) is 26.4 Å². The highest BCUT2D eigenvalue weighted by molar-refractivity contribution is 5.77. The Kier molecular flexibility index (Phi) is 4.54. The third-order valence-corrected chi connectivity index (χ3v) is 2.13. The fraction of sp³-hybridized carbons (Fsp3) is 0.250. The Bertz CT molecular complexity index is 371. The third-order valence-electron chi connectivity index (χ3n) is 2.13. The Morgan fingerprint density at radius 1 is 1.25 bits per heavy atom. The summed E-state index contributed by atoms with van der Waals surface area (Å²) >= 11 is 0. The molecule has 0 unspecified atom stereocenters. The lowest BCUT2D eigenvalue weighted by Crippen LogP contribution is -1.95. The standard InChI is InChI=1S/C12H14O4/c1-15-11-6-9(8-14)7-12(16-2)10(11)4-3-5-13/h3-7,14H,8H2,1-2H3. The second-order valence-electron chi connectivity index (χ2n) is 3.07. The van der Waals surface area contributed by atoms with Crippen molar-refractivity contribution in [2.24, 2.45) is 0 Å². The van der Waals surface area contributed by atoms with Crippen LogP contribution >= 0.6 is 0 Å². The monoisotopic (exact) mass is 222 g/mol. The maximum Gasteiger partial charge on any atom is 0.142 e. The summed E-state index contributed by atoms with van der Waals surface area (Å²) in [5.41, 5.74) is 1.37. The summed E-state index contributed by atoms with van der Waals surface area (Å²) in [7, 11) is 3.04. The van der Waals surface area contributed by atoms with Gasteiger partial charge in [0.1, 0.15) is 17.8 Å². The van der Waals surface area contributed by atoms with Gasteiger partial charge in [0.2, 0.25) is 0 Å². The van der Waals surface area contributed by atoms with Gasteiger partial charge in [-0.3, -0.25) is 4.79 Å². The molecule has 0 fully saturated rings. The first-order valence-corrected chi connectivity index (χ1v) is 4.74. The van der Waals surface area contributed by atoms with Gasteiger partial charge < -0.3 is 14.6 Å². The number of aldehydes is 1. The van der Waals surface area contributed by atoms with Crippen LogP contribution < -0.4 is 9.47 Å². The molecule has 0 saturated carbocycles. The maximum atomic E-state index is 10.3. The molecule has 0 amide bonds. The van der Waals surface area contributed by atoms with E-state index in [-0.39, 0.29) is 6.61 Å². The fourth-order valence-corrected chi connectivity index (χ4v) is 1.38. The van der Waals surface area contributed by atoms with Crippen LogP contribution in [0.1, 0.15) is 11.1 Å². The van der Waals surface area contributed by atoms with E-state index in [1.807, 2.05) is 0 Å². The first-order valence-electron chi connectivity index (χ1n) is 4.74. The molecule has 1 N–H and O–H groups in total.